The minimum absolute atomic E-state index is 0.465. The number of aryl methyl sites for hydroxylation is 1. The number of nitrogens with one attached hydrogen (secondary N) is 3. The second kappa shape index (κ2) is 10.4. The first-order chi connectivity index (χ1) is 12.7. The predicted octanol–water partition coefficient (Wildman–Crippen LogP) is 2.68. The summed E-state index contributed by atoms with van der Waals surface area (Å²) in [6.45, 7) is 3.49. The van der Waals surface area contributed by atoms with E-state index in [4.69, 9.17) is 5.73 Å². The largest absolute Gasteiger partial charge is 0.403 e. The van der Waals surface area contributed by atoms with E-state index < -0.39 is 0 Å². The van der Waals surface area contributed by atoms with Crippen molar-refractivity contribution in [2.75, 3.05) is 23.9 Å². The van der Waals surface area contributed by atoms with Gasteiger partial charge < -0.3 is 16.4 Å². The van der Waals surface area contributed by atoms with Crippen LogP contribution < -0.4 is 21.1 Å². The number of allylic oxidation sites excluding steroid dienone is 1. The van der Waals surface area contributed by atoms with Gasteiger partial charge in [-0.3, -0.25) is 9.71 Å². The molecule has 7 nitrogen and oxygen atoms in total. The Hall–Kier alpha value is -2.58. The lowest BCUT2D eigenvalue weighted by atomic mass is 10.1. The normalized spacial score (nSPS) is 11.7. The third-order valence-electron chi connectivity index (χ3n) is 3.55. The van der Waals surface area contributed by atoms with Gasteiger partial charge in [0.25, 0.3) is 0 Å². The number of anilines is 2. The van der Waals surface area contributed by atoms with Crippen molar-refractivity contribution < 1.29 is 0 Å². The molecule has 0 amide bonds. The molecule has 0 unspecified atom stereocenters. The zero-order valence-electron chi connectivity index (χ0n) is 15.3. The lowest BCUT2D eigenvalue weighted by Crippen LogP contribution is -2.10. The average Bonchev–Trinajstić information content (AvgIpc) is 2.66. The number of hydrogen-bond donors (Lipinski definition) is 4. The first-order valence-electron chi connectivity index (χ1n) is 8.18. The summed E-state index contributed by atoms with van der Waals surface area (Å²) in [5.74, 6) is 1.24. The van der Waals surface area contributed by atoms with Crippen LogP contribution in [-0.2, 0) is 13.1 Å². The highest BCUT2D eigenvalue weighted by molar-refractivity contribution is 7.96. The molecule has 0 aliphatic carbocycles. The molecule has 0 saturated carbocycles. The molecular formula is C18H25N7S. The molecule has 0 aliphatic rings. The summed E-state index contributed by atoms with van der Waals surface area (Å²) in [5, 5.41) is 6.42. The van der Waals surface area contributed by atoms with Crippen molar-refractivity contribution >= 4 is 29.9 Å². The maximum absolute atomic E-state index is 5.56. The average molecular weight is 372 g/mol. The van der Waals surface area contributed by atoms with Crippen molar-refractivity contribution in [2.24, 2.45) is 10.7 Å². The van der Waals surface area contributed by atoms with Gasteiger partial charge in [0.05, 0.1) is 5.70 Å². The second-order valence-electron chi connectivity index (χ2n) is 5.56. The lowest BCUT2D eigenvalue weighted by Gasteiger charge is -2.12. The van der Waals surface area contributed by atoms with Gasteiger partial charge in [0.2, 0.25) is 5.95 Å². The molecule has 0 spiro atoms. The van der Waals surface area contributed by atoms with Gasteiger partial charge in [-0.25, -0.2) is 4.98 Å². The summed E-state index contributed by atoms with van der Waals surface area (Å²) in [4.78, 5) is 12.7. The van der Waals surface area contributed by atoms with Crippen molar-refractivity contribution in [1.82, 2.24) is 14.7 Å². The molecule has 1 aromatic carbocycles. The molecule has 0 radical (unpaired) electrons. The summed E-state index contributed by atoms with van der Waals surface area (Å²) in [5.41, 5.74) is 9.61. The molecule has 0 atom stereocenters. The first-order valence-corrected chi connectivity index (χ1v) is 9.41. The molecule has 5 N–H and O–H groups in total. The molecule has 8 heteroatoms. The third kappa shape index (κ3) is 6.05. The Morgan fingerprint density at radius 1 is 1.31 bits per heavy atom. The van der Waals surface area contributed by atoms with Crippen molar-refractivity contribution in [3.8, 4) is 0 Å². The fourth-order valence-electron chi connectivity index (χ4n) is 2.26. The van der Waals surface area contributed by atoms with E-state index in [-0.39, 0.29) is 0 Å². The predicted molar refractivity (Wildman–Crippen MR) is 111 cm³/mol. The van der Waals surface area contributed by atoms with Crippen LogP contribution in [0.25, 0.3) is 0 Å². The highest BCUT2D eigenvalue weighted by Gasteiger charge is 2.05. The zero-order chi connectivity index (χ0) is 18.8. The van der Waals surface area contributed by atoms with Gasteiger partial charge in [0.1, 0.15) is 5.82 Å². The number of benzene rings is 1. The number of nitrogens with zero attached hydrogens (tertiary/aromatic N) is 3. The fraction of sp³-hybridized carbons (Fsp3) is 0.278. The van der Waals surface area contributed by atoms with Crippen LogP contribution in [0, 0.1) is 6.92 Å². The number of hydrogen-bond acceptors (Lipinski definition) is 8. The molecule has 0 bridgehead atoms. The Morgan fingerprint density at radius 2 is 2.08 bits per heavy atom. The van der Waals surface area contributed by atoms with Crippen LogP contribution in [0.3, 0.4) is 0 Å². The topological polar surface area (TPSA) is 100 Å². The van der Waals surface area contributed by atoms with E-state index in [1.807, 2.05) is 13.2 Å². The van der Waals surface area contributed by atoms with Crippen molar-refractivity contribution in [2.45, 2.75) is 20.0 Å². The van der Waals surface area contributed by atoms with Gasteiger partial charge in [0.15, 0.2) is 0 Å². The molecule has 2 aromatic rings. The van der Waals surface area contributed by atoms with E-state index in [0.29, 0.717) is 18.2 Å². The van der Waals surface area contributed by atoms with Gasteiger partial charge in [0, 0.05) is 44.3 Å². The molecule has 138 valence electrons. The Balaban J connectivity index is 2.06. The van der Waals surface area contributed by atoms with Crippen molar-refractivity contribution in [1.29, 1.82) is 0 Å². The minimum Gasteiger partial charge on any atom is -0.403 e. The number of rotatable bonds is 9. The van der Waals surface area contributed by atoms with Crippen LogP contribution >= 0.6 is 11.9 Å². The van der Waals surface area contributed by atoms with E-state index in [1.54, 1.807) is 31.4 Å². The maximum atomic E-state index is 5.56. The summed E-state index contributed by atoms with van der Waals surface area (Å²) >= 11 is 1.61. The van der Waals surface area contributed by atoms with Crippen LogP contribution in [0.4, 0.5) is 11.8 Å². The third-order valence-corrected chi connectivity index (χ3v) is 3.98. The monoisotopic (exact) mass is 371 g/mol. The van der Waals surface area contributed by atoms with Crippen LogP contribution in [0.2, 0.25) is 0 Å². The van der Waals surface area contributed by atoms with Crippen molar-refractivity contribution in [3.05, 3.63) is 59.0 Å². The SMILES string of the molecule is CN=CC(=CN)Nc1ncc(C)c(NCc2cccc(CNSC)c2)n1. The number of aromatic nitrogens is 2. The van der Waals surface area contributed by atoms with E-state index in [0.717, 1.165) is 17.9 Å². The van der Waals surface area contributed by atoms with E-state index in [2.05, 4.69) is 54.6 Å². The van der Waals surface area contributed by atoms with Crippen molar-refractivity contribution in [3.63, 3.8) is 0 Å². The van der Waals surface area contributed by atoms with Crippen LogP contribution in [-0.4, -0.2) is 29.5 Å². The zero-order valence-corrected chi connectivity index (χ0v) is 16.1. The Bertz CT molecular complexity index is 774. The second-order valence-corrected chi connectivity index (χ2v) is 6.26. The quantitative estimate of drug-likeness (QED) is 0.397. The van der Waals surface area contributed by atoms with E-state index >= 15 is 0 Å². The van der Waals surface area contributed by atoms with Crippen LogP contribution in [0.15, 0.2) is 47.4 Å². The Labute approximate surface area is 158 Å². The molecule has 1 aromatic heterocycles. The molecule has 1 heterocycles. The summed E-state index contributed by atoms with van der Waals surface area (Å²) < 4.78 is 3.26. The molecule has 0 saturated heterocycles. The summed E-state index contributed by atoms with van der Waals surface area (Å²) in [7, 11) is 1.68. The fourth-order valence-corrected chi connectivity index (χ4v) is 2.57. The molecular weight excluding hydrogens is 346 g/mol. The maximum Gasteiger partial charge on any atom is 0.229 e. The van der Waals surface area contributed by atoms with E-state index in [1.165, 1.54) is 17.3 Å². The highest BCUT2D eigenvalue weighted by Crippen LogP contribution is 2.15. The highest BCUT2D eigenvalue weighted by atomic mass is 32.2. The summed E-state index contributed by atoms with van der Waals surface area (Å²) in [6, 6.07) is 8.45. The minimum atomic E-state index is 0.465. The molecule has 26 heavy (non-hydrogen) atoms. The van der Waals surface area contributed by atoms with Gasteiger partial charge in [-0.1, -0.05) is 36.2 Å². The molecule has 0 fully saturated rings. The first kappa shape index (κ1) is 19.7. The Kier molecular flexibility index (Phi) is 7.91. The molecule has 0 aliphatic heterocycles. The summed E-state index contributed by atoms with van der Waals surface area (Å²) in [6.07, 6.45) is 6.84. The standard InChI is InChI=1S/C18H25N7S/c1-13-9-22-18(24-16(8-19)12-20-2)25-17(13)21-10-14-5-4-6-15(7-14)11-23-26-3/h4-9,12,23H,10-11,19H2,1-3H3,(H2,21,22,24,25). The lowest BCUT2D eigenvalue weighted by molar-refractivity contribution is 0.969. The van der Waals surface area contributed by atoms with Crippen LogP contribution in [0.1, 0.15) is 16.7 Å². The number of nitrogens with two attached hydrogens (primary N) is 1. The van der Waals surface area contributed by atoms with Gasteiger partial charge >= 0.3 is 0 Å². The Morgan fingerprint density at radius 3 is 2.77 bits per heavy atom. The smallest absolute Gasteiger partial charge is 0.229 e. The van der Waals surface area contributed by atoms with Gasteiger partial charge in [-0.15, -0.1) is 0 Å². The molecule has 2 rings (SSSR count). The van der Waals surface area contributed by atoms with Gasteiger partial charge in [-0.05, 0) is 24.3 Å². The van der Waals surface area contributed by atoms with Crippen LogP contribution in [0.5, 0.6) is 0 Å². The van der Waals surface area contributed by atoms with Gasteiger partial charge in [-0.2, -0.15) is 4.98 Å². The van der Waals surface area contributed by atoms with E-state index in [9.17, 15) is 0 Å². The number of aliphatic imine (C=N–C) groups is 1.